The minimum Gasteiger partial charge on any atom is -0.459 e. The third-order valence-electron chi connectivity index (χ3n) is 6.78. The van der Waals surface area contributed by atoms with Gasteiger partial charge in [-0.3, -0.25) is 4.79 Å². The van der Waals surface area contributed by atoms with Crippen molar-refractivity contribution < 1.29 is 9.21 Å². The van der Waals surface area contributed by atoms with Crippen LogP contribution in [0.2, 0.25) is 0 Å². The van der Waals surface area contributed by atoms with E-state index in [1.54, 1.807) is 0 Å². The fraction of sp³-hybridized carbons (Fsp3) is 0.207. The van der Waals surface area contributed by atoms with Gasteiger partial charge in [-0.2, -0.15) is 0 Å². The van der Waals surface area contributed by atoms with Gasteiger partial charge in [0.2, 0.25) is 0 Å². The first kappa shape index (κ1) is 20.5. The predicted octanol–water partition coefficient (Wildman–Crippen LogP) is 8.17. The number of benzene rings is 3. The second kappa shape index (κ2) is 7.46. The highest BCUT2D eigenvalue weighted by molar-refractivity contribution is 9.10. The Bertz CT molecular complexity index is 1440. The van der Waals surface area contributed by atoms with E-state index in [-0.39, 0.29) is 17.2 Å². The molecule has 0 bridgehead atoms. The summed E-state index contributed by atoms with van der Waals surface area (Å²) in [5.41, 5.74) is 5.18. The summed E-state index contributed by atoms with van der Waals surface area (Å²) in [6.07, 6.45) is 1.41. The van der Waals surface area contributed by atoms with Gasteiger partial charge >= 0.3 is 0 Å². The Morgan fingerprint density at radius 3 is 2.55 bits per heavy atom. The van der Waals surface area contributed by atoms with Crippen LogP contribution in [0.5, 0.6) is 0 Å². The molecule has 0 saturated heterocycles. The van der Waals surface area contributed by atoms with E-state index in [2.05, 4.69) is 71.5 Å². The summed E-state index contributed by atoms with van der Waals surface area (Å²) in [5, 5.41) is 6.03. The van der Waals surface area contributed by atoms with Gasteiger partial charge in [-0.15, -0.1) is 0 Å². The average Bonchev–Trinajstić information content (AvgIpc) is 3.28. The fourth-order valence-electron chi connectivity index (χ4n) is 5.33. The van der Waals surface area contributed by atoms with Gasteiger partial charge < -0.3 is 9.73 Å². The molecule has 1 N–H and O–H groups in total. The van der Waals surface area contributed by atoms with Crippen LogP contribution in [0.1, 0.15) is 44.1 Å². The minimum atomic E-state index is -0.290. The van der Waals surface area contributed by atoms with Gasteiger partial charge in [0.1, 0.15) is 17.6 Å². The van der Waals surface area contributed by atoms with E-state index in [1.165, 1.54) is 16.3 Å². The molecule has 0 fully saturated rings. The number of carbonyl (C=O) groups excluding carboxylic acids is 1. The lowest BCUT2D eigenvalue weighted by molar-refractivity contribution is -0.118. The van der Waals surface area contributed by atoms with E-state index in [0.717, 1.165) is 44.8 Å². The molecule has 0 saturated carbocycles. The third-order valence-corrected chi connectivity index (χ3v) is 7.31. The Labute approximate surface area is 201 Å². The van der Waals surface area contributed by atoms with Crippen LogP contribution in [0, 0.1) is 5.41 Å². The number of ketones is 1. The monoisotopic (exact) mass is 497 g/mol. The van der Waals surface area contributed by atoms with Gasteiger partial charge in [0, 0.05) is 33.3 Å². The molecular formula is C29H24BrNO2. The maximum atomic E-state index is 13.5. The number of furan rings is 1. The summed E-state index contributed by atoms with van der Waals surface area (Å²) in [6, 6.07) is 24.5. The first-order valence-corrected chi connectivity index (χ1v) is 12.1. The van der Waals surface area contributed by atoms with Crippen LogP contribution in [0.3, 0.4) is 0 Å². The van der Waals surface area contributed by atoms with Crippen molar-refractivity contribution in [2.75, 3.05) is 5.32 Å². The summed E-state index contributed by atoms with van der Waals surface area (Å²) in [7, 11) is 0. The van der Waals surface area contributed by atoms with Crippen LogP contribution in [0.15, 0.2) is 87.3 Å². The fourth-order valence-corrected chi connectivity index (χ4v) is 5.59. The molecule has 164 valence electrons. The Morgan fingerprint density at radius 2 is 1.73 bits per heavy atom. The van der Waals surface area contributed by atoms with Crippen molar-refractivity contribution in [2.45, 2.75) is 32.7 Å². The molecule has 0 spiro atoms. The van der Waals surface area contributed by atoms with E-state index in [0.29, 0.717) is 6.42 Å². The SMILES string of the molecule is CC1(C)CC(=O)C2=C(C1)c1c(ccc3ccccc13)NC2c1ccc(-c2ccc(Br)cc2)o1. The molecule has 2 aliphatic rings. The molecule has 1 aromatic heterocycles. The zero-order valence-electron chi connectivity index (χ0n) is 18.6. The molecule has 0 amide bonds. The number of fused-ring (bicyclic) bond motifs is 4. The first-order chi connectivity index (χ1) is 15.9. The number of halogens is 1. The lowest BCUT2D eigenvalue weighted by Crippen LogP contribution is -2.33. The van der Waals surface area contributed by atoms with Crippen molar-refractivity contribution in [3.63, 3.8) is 0 Å². The lowest BCUT2D eigenvalue weighted by atomic mass is 9.68. The highest BCUT2D eigenvalue weighted by atomic mass is 79.9. The minimum absolute atomic E-state index is 0.0717. The van der Waals surface area contributed by atoms with Crippen LogP contribution in [-0.4, -0.2) is 5.78 Å². The van der Waals surface area contributed by atoms with Gasteiger partial charge in [-0.1, -0.05) is 72.2 Å². The van der Waals surface area contributed by atoms with E-state index in [4.69, 9.17) is 4.42 Å². The zero-order valence-corrected chi connectivity index (χ0v) is 20.2. The summed E-state index contributed by atoms with van der Waals surface area (Å²) in [6.45, 7) is 4.38. The van der Waals surface area contributed by atoms with Crippen molar-refractivity contribution >= 4 is 43.7 Å². The zero-order chi connectivity index (χ0) is 22.7. The van der Waals surface area contributed by atoms with Crippen molar-refractivity contribution in [3.05, 3.63) is 94.2 Å². The van der Waals surface area contributed by atoms with Crippen LogP contribution in [0.4, 0.5) is 5.69 Å². The number of nitrogens with one attached hydrogen (secondary N) is 1. The number of hydrogen-bond acceptors (Lipinski definition) is 3. The Hall–Kier alpha value is -3.11. The van der Waals surface area contributed by atoms with Gasteiger partial charge in [-0.25, -0.2) is 0 Å². The maximum Gasteiger partial charge on any atom is 0.162 e. The molecule has 1 atom stereocenters. The first-order valence-electron chi connectivity index (χ1n) is 11.3. The predicted molar refractivity (Wildman–Crippen MR) is 137 cm³/mol. The van der Waals surface area contributed by atoms with Crippen molar-refractivity contribution in [1.29, 1.82) is 0 Å². The van der Waals surface area contributed by atoms with Gasteiger partial charge in [-0.05, 0) is 58.5 Å². The largest absolute Gasteiger partial charge is 0.459 e. The van der Waals surface area contributed by atoms with Crippen LogP contribution >= 0.6 is 15.9 Å². The van der Waals surface area contributed by atoms with Gasteiger partial charge in [0.25, 0.3) is 0 Å². The quantitative estimate of drug-likeness (QED) is 0.303. The van der Waals surface area contributed by atoms with Crippen LogP contribution in [0.25, 0.3) is 27.7 Å². The highest BCUT2D eigenvalue weighted by Gasteiger charge is 2.41. The van der Waals surface area contributed by atoms with E-state index in [1.807, 2.05) is 36.4 Å². The van der Waals surface area contributed by atoms with E-state index < -0.39 is 0 Å². The molecule has 4 heteroatoms. The normalized spacial score (nSPS) is 19.2. The Balaban J connectivity index is 1.53. The molecule has 3 nitrogen and oxygen atoms in total. The molecule has 2 heterocycles. The lowest BCUT2D eigenvalue weighted by Gasteiger charge is -2.39. The van der Waals surface area contributed by atoms with Crippen molar-refractivity contribution in [2.24, 2.45) is 5.41 Å². The summed E-state index contributed by atoms with van der Waals surface area (Å²) in [4.78, 5) is 13.5. The Morgan fingerprint density at radius 1 is 0.939 bits per heavy atom. The molecule has 1 aliphatic heterocycles. The van der Waals surface area contributed by atoms with Crippen molar-refractivity contribution in [1.82, 2.24) is 0 Å². The number of allylic oxidation sites excluding steroid dienone is 1. The molecule has 1 unspecified atom stereocenters. The molecule has 4 aromatic rings. The maximum absolute atomic E-state index is 13.5. The van der Waals surface area contributed by atoms with Gasteiger partial charge in [0.15, 0.2) is 5.78 Å². The number of hydrogen-bond donors (Lipinski definition) is 1. The van der Waals surface area contributed by atoms with E-state index in [9.17, 15) is 4.79 Å². The molecule has 3 aromatic carbocycles. The summed E-state index contributed by atoms with van der Waals surface area (Å²) in [5.74, 6) is 1.78. The number of anilines is 1. The number of carbonyl (C=O) groups is 1. The molecule has 0 radical (unpaired) electrons. The second-order valence-electron chi connectivity index (χ2n) is 9.83. The third kappa shape index (κ3) is 3.44. The Kier molecular flexibility index (Phi) is 4.63. The number of Topliss-reactive ketones (excluding diaryl/α,β-unsaturated/α-hetero) is 1. The molecule has 33 heavy (non-hydrogen) atoms. The van der Waals surface area contributed by atoms with E-state index >= 15 is 0 Å². The second-order valence-corrected chi connectivity index (χ2v) is 10.7. The molecule has 1 aliphatic carbocycles. The highest BCUT2D eigenvalue weighted by Crippen LogP contribution is 2.52. The van der Waals surface area contributed by atoms with Crippen LogP contribution in [-0.2, 0) is 4.79 Å². The smallest absolute Gasteiger partial charge is 0.162 e. The topological polar surface area (TPSA) is 42.2 Å². The van der Waals surface area contributed by atoms with Gasteiger partial charge in [0.05, 0.1) is 0 Å². The summed E-state index contributed by atoms with van der Waals surface area (Å²) < 4.78 is 7.37. The molecular weight excluding hydrogens is 474 g/mol. The molecule has 6 rings (SSSR count). The van der Waals surface area contributed by atoms with Crippen LogP contribution < -0.4 is 5.32 Å². The van der Waals surface area contributed by atoms with Crippen molar-refractivity contribution in [3.8, 4) is 11.3 Å². The summed E-state index contributed by atoms with van der Waals surface area (Å²) >= 11 is 3.49. The average molecular weight is 498 g/mol. The number of rotatable bonds is 2. The standard InChI is InChI=1S/C29H24BrNO2/c1-29(2)15-21-26-20-6-4-3-5-17(20)9-12-22(26)31-28(27(21)23(32)16-29)25-14-13-24(33-25)18-7-10-19(30)11-8-18/h3-14,28,31H,15-16H2,1-2H3.